The number of fused-ring (bicyclic) bond motifs is 5. The second-order valence-corrected chi connectivity index (χ2v) is 13.2. The summed E-state index contributed by atoms with van der Waals surface area (Å²) in [6, 6.07) is 0. The number of carbonyl (C=O) groups is 2. The summed E-state index contributed by atoms with van der Waals surface area (Å²) in [6.45, 7) is 10.4. The van der Waals surface area contributed by atoms with E-state index in [9.17, 15) is 24.9 Å². The lowest BCUT2D eigenvalue weighted by Crippen LogP contribution is -2.64. The largest absolute Gasteiger partial charge is 0.480 e. The van der Waals surface area contributed by atoms with E-state index >= 15 is 0 Å². The zero-order valence-electron chi connectivity index (χ0n) is 22.1. The van der Waals surface area contributed by atoms with Crippen molar-refractivity contribution < 1.29 is 30.0 Å². The highest BCUT2D eigenvalue weighted by atomic mass is 16.4. The van der Waals surface area contributed by atoms with E-state index in [1.807, 2.05) is 6.92 Å². The molecule has 4 fully saturated rings. The van der Waals surface area contributed by atoms with Crippen LogP contribution in [0.3, 0.4) is 0 Å². The number of carboxylic acids is 1. The van der Waals surface area contributed by atoms with Gasteiger partial charge in [0, 0.05) is 5.92 Å². The standard InChI is InChI=1S/C28H47NO6/c1-14(10-15(2)26(35)29-13-23(32)33)18-6-7-19-24-21(12-22(31)28(18,19)5)27(4)9-8-17(30)11-20(27)16(3)25(24)34/h14-22,24-25,30-31,34H,6-13H2,1-5H3,(H,29,35)(H,32,33)/t14-,15-,16-,17-,18-,19?,20?,21?,22+,24?,25-,27+,28-/m1/s1. The fourth-order valence-electron chi connectivity index (χ4n) is 9.75. The van der Waals surface area contributed by atoms with Gasteiger partial charge in [0.1, 0.15) is 6.54 Å². The molecule has 0 heterocycles. The zero-order chi connectivity index (χ0) is 25.9. The van der Waals surface area contributed by atoms with Crippen LogP contribution in [0.15, 0.2) is 0 Å². The van der Waals surface area contributed by atoms with E-state index in [1.54, 1.807) is 0 Å². The van der Waals surface area contributed by atoms with E-state index in [0.717, 1.165) is 32.1 Å². The van der Waals surface area contributed by atoms with Crippen LogP contribution < -0.4 is 5.32 Å². The summed E-state index contributed by atoms with van der Waals surface area (Å²) in [6.07, 6.45) is 4.65. The van der Waals surface area contributed by atoms with E-state index in [0.29, 0.717) is 12.8 Å². The van der Waals surface area contributed by atoms with Crippen molar-refractivity contribution in [3.63, 3.8) is 0 Å². The third-order valence-electron chi connectivity index (χ3n) is 11.6. The molecule has 0 aromatic rings. The van der Waals surface area contributed by atoms with Gasteiger partial charge >= 0.3 is 5.97 Å². The number of aliphatic hydroxyl groups excluding tert-OH is 3. The molecule has 35 heavy (non-hydrogen) atoms. The zero-order valence-corrected chi connectivity index (χ0v) is 22.1. The van der Waals surface area contributed by atoms with E-state index < -0.39 is 18.2 Å². The molecule has 0 aliphatic heterocycles. The van der Waals surface area contributed by atoms with Crippen molar-refractivity contribution in [2.75, 3.05) is 6.54 Å². The number of carbonyl (C=O) groups excluding carboxylic acids is 1. The predicted molar refractivity (Wildman–Crippen MR) is 132 cm³/mol. The summed E-state index contributed by atoms with van der Waals surface area (Å²) < 4.78 is 0. The lowest BCUT2D eigenvalue weighted by Gasteiger charge is -2.65. The molecule has 7 heteroatoms. The monoisotopic (exact) mass is 493 g/mol. The third kappa shape index (κ3) is 4.33. The highest BCUT2D eigenvalue weighted by molar-refractivity contribution is 5.82. The maximum absolute atomic E-state index is 12.4. The van der Waals surface area contributed by atoms with E-state index in [4.69, 9.17) is 5.11 Å². The molecular formula is C28H47NO6. The highest BCUT2D eigenvalue weighted by Crippen LogP contribution is 2.69. The molecular weight excluding hydrogens is 446 g/mol. The molecule has 4 rings (SSSR count). The molecule has 0 aromatic heterocycles. The molecule has 7 nitrogen and oxygen atoms in total. The van der Waals surface area contributed by atoms with Gasteiger partial charge in [-0.05, 0) is 97.2 Å². The van der Waals surface area contributed by atoms with Gasteiger partial charge in [-0.1, -0.05) is 34.6 Å². The van der Waals surface area contributed by atoms with Crippen molar-refractivity contribution in [1.29, 1.82) is 0 Å². The van der Waals surface area contributed by atoms with Gasteiger partial charge in [-0.2, -0.15) is 0 Å². The Bertz CT molecular complexity index is 819. The molecule has 0 radical (unpaired) electrons. The maximum Gasteiger partial charge on any atom is 0.322 e. The molecule has 0 spiro atoms. The smallest absolute Gasteiger partial charge is 0.322 e. The lowest BCUT2D eigenvalue weighted by molar-refractivity contribution is -0.225. The quantitative estimate of drug-likeness (QED) is 0.387. The minimum absolute atomic E-state index is 0.0330. The van der Waals surface area contributed by atoms with E-state index in [1.165, 1.54) is 0 Å². The summed E-state index contributed by atoms with van der Waals surface area (Å²) >= 11 is 0. The molecule has 4 unspecified atom stereocenters. The van der Waals surface area contributed by atoms with Gasteiger partial charge in [0.25, 0.3) is 0 Å². The average molecular weight is 494 g/mol. The minimum atomic E-state index is -1.05. The Morgan fingerprint density at radius 1 is 1.00 bits per heavy atom. The number of amides is 1. The van der Waals surface area contributed by atoms with Crippen molar-refractivity contribution in [2.45, 2.75) is 97.9 Å². The molecule has 0 aromatic carbocycles. The van der Waals surface area contributed by atoms with Gasteiger partial charge in [-0.25, -0.2) is 0 Å². The Morgan fingerprint density at radius 2 is 1.69 bits per heavy atom. The van der Waals surface area contributed by atoms with Gasteiger partial charge < -0.3 is 25.7 Å². The first-order valence-electron chi connectivity index (χ1n) is 13.9. The first kappa shape index (κ1) is 26.9. The van der Waals surface area contributed by atoms with Crippen molar-refractivity contribution in [1.82, 2.24) is 5.32 Å². The Balaban J connectivity index is 1.54. The first-order chi connectivity index (χ1) is 16.3. The molecule has 4 saturated carbocycles. The van der Waals surface area contributed by atoms with Crippen LogP contribution in [0, 0.1) is 58.2 Å². The lowest BCUT2D eigenvalue weighted by atomic mass is 9.41. The van der Waals surface area contributed by atoms with Crippen LogP contribution in [0.4, 0.5) is 0 Å². The van der Waals surface area contributed by atoms with Crippen LogP contribution in [0.1, 0.15) is 79.6 Å². The fourth-order valence-corrected chi connectivity index (χ4v) is 9.75. The van der Waals surface area contributed by atoms with Crippen molar-refractivity contribution >= 4 is 11.9 Å². The van der Waals surface area contributed by atoms with Crippen molar-refractivity contribution in [2.24, 2.45) is 58.2 Å². The van der Waals surface area contributed by atoms with Gasteiger partial charge in [-0.3, -0.25) is 9.59 Å². The van der Waals surface area contributed by atoms with Crippen LogP contribution in [0.2, 0.25) is 0 Å². The third-order valence-corrected chi connectivity index (χ3v) is 11.6. The van der Waals surface area contributed by atoms with Gasteiger partial charge in [0.05, 0.1) is 18.3 Å². The number of rotatable bonds is 6. The minimum Gasteiger partial charge on any atom is -0.480 e. The van der Waals surface area contributed by atoms with Crippen LogP contribution in [-0.4, -0.2) is 57.2 Å². The number of carboxylic acid groups (broad SMARTS) is 1. The number of aliphatic carboxylic acids is 1. The Kier molecular flexibility index (Phi) is 7.37. The van der Waals surface area contributed by atoms with Crippen LogP contribution in [0.5, 0.6) is 0 Å². The SMILES string of the molecule is C[C@H](C[C@@H](C)[C@H]1CCC2C3C(C[C@H](O)[C@@]21C)[C@@]1(C)CC[C@@H](O)CC1[C@@H](C)[C@H]3O)C(=O)NCC(=O)O. The molecule has 4 aliphatic rings. The molecule has 1 amide bonds. The number of hydrogen-bond donors (Lipinski definition) is 5. The number of hydrogen-bond acceptors (Lipinski definition) is 5. The summed E-state index contributed by atoms with van der Waals surface area (Å²) in [4.78, 5) is 23.2. The van der Waals surface area contributed by atoms with Gasteiger partial charge in [0.15, 0.2) is 0 Å². The molecule has 4 aliphatic carbocycles. The van der Waals surface area contributed by atoms with Gasteiger partial charge in [-0.15, -0.1) is 0 Å². The Hall–Kier alpha value is -1.18. The second-order valence-electron chi connectivity index (χ2n) is 13.2. The van der Waals surface area contributed by atoms with Crippen molar-refractivity contribution in [3.05, 3.63) is 0 Å². The second kappa shape index (κ2) is 9.60. The Labute approximate surface area is 210 Å². The molecule has 0 saturated heterocycles. The van der Waals surface area contributed by atoms with Crippen LogP contribution >= 0.6 is 0 Å². The van der Waals surface area contributed by atoms with E-state index in [2.05, 4.69) is 33.0 Å². The van der Waals surface area contributed by atoms with Crippen LogP contribution in [0.25, 0.3) is 0 Å². The summed E-state index contributed by atoms with van der Waals surface area (Å²) in [5.74, 6) is -0.0714. The summed E-state index contributed by atoms with van der Waals surface area (Å²) in [5.41, 5.74) is -0.277. The highest BCUT2D eigenvalue weighted by Gasteiger charge is 2.67. The number of nitrogens with one attached hydrogen (secondary N) is 1. The van der Waals surface area contributed by atoms with Crippen molar-refractivity contribution in [3.8, 4) is 0 Å². The molecule has 200 valence electrons. The summed E-state index contributed by atoms with van der Waals surface area (Å²) in [5, 5.41) is 45.1. The molecule has 0 bridgehead atoms. The van der Waals surface area contributed by atoms with Crippen LogP contribution in [-0.2, 0) is 9.59 Å². The molecule has 5 N–H and O–H groups in total. The normalized spacial score (nSPS) is 48.7. The predicted octanol–water partition coefficient (Wildman–Crippen LogP) is 3.06. The Morgan fingerprint density at radius 3 is 2.34 bits per heavy atom. The summed E-state index contributed by atoms with van der Waals surface area (Å²) in [7, 11) is 0. The average Bonchev–Trinajstić information content (AvgIpc) is 3.16. The maximum atomic E-state index is 12.4. The topological polar surface area (TPSA) is 127 Å². The molecule has 13 atom stereocenters. The fraction of sp³-hybridized carbons (Fsp3) is 0.929. The number of aliphatic hydroxyl groups is 3. The van der Waals surface area contributed by atoms with E-state index in [-0.39, 0.29) is 76.7 Å². The first-order valence-corrected chi connectivity index (χ1v) is 13.9. The van der Waals surface area contributed by atoms with Gasteiger partial charge in [0.2, 0.25) is 5.91 Å².